The summed E-state index contributed by atoms with van der Waals surface area (Å²) in [4.78, 5) is 50.7. The van der Waals surface area contributed by atoms with Crippen LogP contribution in [0.2, 0.25) is 0 Å². The number of cyclic esters (lactones) is 1. The lowest BCUT2D eigenvalue weighted by atomic mass is 9.98. The highest BCUT2D eigenvalue weighted by molar-refractivity contribution is 5.86. The van der Waals surface area contributed by atoms with Crippen LogP contribution < -0.4 is 16.0 Å². The van der Waals surface area contributed by atoms with Gasteiger partial charge in [-0.1, -0.05) is 72.8 Å². The van der Waals surface area contributed by atoms with Crippen molar-refractivity contribution in [3.63, 3.8) is 0 Å². The summed E-state index contributed by atoms with van der Waals surface area (Å²) in [5.74, 6) is -2.01. The average molecular weight is 552 g/mol. The van der Waals surface area contributed by atoms with Gasteiger partial charge in [0.25, 0.3) is 0 Å². The molecule has 0 saturated carbocycles. The fourth-order valence-electron chi connectivity index (χ4n) is 4.18. The first kappa shape index (κ1) is 30.4. The Balaban J connectivity index is 1.58. The molecule has 214 valence electrons. The van der Waals surface area contributed by atoms with Crippen LogP contribution in [0.5, 0.6) is 0 Å². The van der Waals surface area contributed by atoms with Gasteiger partial charge in [-0.25, -0.2) is 9.59 Å². The van der Waals surface area contributed by atoms with Crippen molar-refractivity contribution in [2.45, 2.75) is 57.4 Å². The Kier molecular flexibility index (Phi) is 12.2. The van der Waals surface area contributed by atoms with E-state index in [2.05, 4.69) is 16.0 Å². The van der Waals surface area contributed by atoms with Crippen molar-refractivity contribution in [3.05, 3.63) is 83.9 Å². The molecule has 3 amide bonds. The van der Waals surface area contributed by atoms with Crippen molar-refractivity contribution < 1.29 is 33.8 Å². The third-order valence-electron chi connectivity index (χ3n) is 6.34. The van der Waals surface area contributed by atoms with Crippen LogP contribution in [0.25, 0.3) is 0 Å². The van der Waals surface area contributed by atoms with Crippen molar-refractivity contribution in [2.24, 2.45) is 5.92 Å². The molecule has 1 aliphatic heterocycles. The summed E-state index contributed by atoms with van der Waals surface area (Å²) in [7, 11) is 0. The number of aliphatic hydroxyl groups excluding tert-OH is 1. The summed E-state index contributed by atoms with van der Waals surface area (Å²) in [6, 6.07) is 17.2. The number of esters is 1. The van der Waals surface area contributed by atoms with Gasteiger partial charge in [-0.2, -0.15) is 0 Å². The first-order valence-electron chi connectivity index (χ1n) is 13.4. The van der Waals surface area contributed by atoms with Crippen LogP contribution in [-0.2, 0) is 36.9 Å². The average Bonchev–Trinajstić information content (AvgIpc) is 2.95. The highest BCUT2D eigenvalue weighted by atomic mass is 16.6. The summed E-state index contributed by atoms with van der Waals surface area (Å²) >= 11 is 0. The molecule has 1 aliphatic rings. The van der Waals surface area contributed by atoms with Gasteiger partial charge in [-0.15, -0.1) is 0 Å². The first-order chi connectivity index (χ1) is 19.3. The summed E-state index contributed by atoms with van der Waals surface area (Å²) < 4.78 is 10.7. The minimum atomic E-state index is -0.984. The Labute approximate surface area is 234 Å². The smallest absolute Gasteiger partial charge is 0.408 e. The zero-order valence-electron chi connectivity index (χ0n) is 22.6. The molecule has 40 heavy (non-hydrogen) atoms. The maximum Gasteiger partial charge on any atom is 0.408 e. The molecule has 0 bridgehead atoms. The lowest BCUT2D eigenvalue weighted by Crippen LogP contribution is -2.45. The number of amides is 3. The van der Waals surface area contributed by atoms with E-state index in [1.807, 2.05) is 60.7 Å². The number of alkyl carbamates (subject to hydrolysis) is 1. The third kappa shape index (κ3) is 10.5. The van der Waals surface area contributed by atoms with Crippen LogP contribution in [0, 0.1) is 5.92 Å². The second-order valence-corrected chi connectivity index (χ2v) is 9.73. The van der Waals surface area contributed by atoms with E-state index in [1.165, 1.54) is 0 Å². The maximum atomic E-state index is 12.8. The van der Waals surface area contributed by atoms with Crippen molar-refractivity contribution in [1.82, 2.24) is 16.0 Å². The molecule has 1 heterocycles. The number of aliphatic hydroxyl groups is 1. The molecule has 0 saturated heterocycles. The lowest BCUT2D eigenvalue weighted by Gasteiger charge is -2.23. The Morgan fingerprint density at radius 1 is 1.02 bits per heavy atom. The molecule has 2 aromatic rings. The number of benzene rings is 2. The molecule has 4 atom stereocenters. The van der Waals surface area contributed by atoms with Crippen LogP contribution in [0.3, 0.4) is 0 Å². The summed E-state index contributed by atoms with van der Waals surface area (Å²) in [5, 5.41) is 17.8. The van der Waals surface area contributed by atoms with E-state index < -0.39 is 36.2 Å². The zero-order chi connectivity index (χ0) is 28.7. The van der Waals surface area contributed by atoms with Crippen molar-refractivity contribution >= 4 is 23.9 Å². The Bertz CT molecular complexity index is 1140. The molecule has 0 aliphatic carbocycles. The van der Waals surface area contributed by atoms with E-state index in [9.17, 15) is 24.3 Å². The van der Waals surface area contributed by atoms with E-state index in [0.717, 1.165) is 11.1 Å². The monoisotopic (exact) mass is 551 g/mol. The van der Waals surface area contributed by atoms with E-state index in [4.69, 9.17) is 9.47 Å². The molecule has 4 N–H and O–H groups in total. The fourth-order valence-corrected chi connectivity index (χ4v) is 4.18. The van der Waals surface area contributed by atoms with Gasteiger partial charge in [0.15, 0.2) is 0 Å². The van der Waals surface area contributed by atoms with Gasteiger partial charge in [0.05, 0.1) is 25.1 Å². The van der Waals surface area contributed by atoms with Crippen molar-refractivity contribution in [3.8, 4) is 0 Å². The molecule has 4 unspecified atom stereocenters. The predicted molar refractivity (Wildman–Crippen MR) is 148 cm³/mol. The standard InChI is InChI=1S/C30H37N3O7/c1-21-18-31-28(36)24(17-27(35)32-25(19-34)16-22-10-4-2-5-11-22)14-8-9-15-26(29(37)40-21)33-30(38)39-20-23-12-6-3-7-13-23/h2-13,21,24-26,34H,14-20H2,1H3,(H,31,36)(H,32,35)(H,33,38). The van der Waals surface area contributed by atoms with Crippen molar-refractivity contribution in [1.29, 1.82) is 0 Å². The fraction of sp³-hybridized carbons (Fsp3) is 0.400. The summed E-state index contributed by atoms with van der Waals surface area (Å²) in [6.07, 6.45) is 2.70. The SMILES string of the molecule is CC1CNC(=O)C(CC(=O)NC(CO)Cc2ccccc2)CC=CCC(NC(=O)OCc2ccccc2)C(=O)O1. The molecule has 0 fully saturated rings. The maximum absolute atomic E-state index is 12.8. The number of carbonyl (C=O) groups is 4. The molecule has 0 spiro atoms. The second kappa shape index (κ2) is 16.0. The normalized spacial score (nSPS) is 20.6. The summed E-state index contributed by atoms with van der Waals surface area (Å²) in [5.41, 5.74) is 1.79. The van der Waals surface area contributed by atoms with Gasteiger partial charge in [0, 0.05) is 6.42 Å². The van der Waals surface area contributed by atoms with Gasteiger partial charge in [0.2, 0.25) is 11.8 Å². The van der Waals surface area contributed by atoms with Crippen LogP contribution >= 0.6 is 0 Å². The number of ether oxygens (including phenoxy) is 2. The van der Waals surface area contributed by atoms with E-state index >= 15 is 0 Å². The van der Waals surface area contributed by atoms with Crippen LogP contribution in [0.15, 0.2) is 72.8 Å². The molecular formula is C30H37N3O7. The van der Waals surface area contributed by atoms with E-state index in [-0.39, 0.29) is 50.8 Å². The predicted octanol–water partition coefficient (Wildman–Crippen LogP) is 2.41. The van der Waals surface area contributed by atoms with Crippen LogP contribution in [0.1, 0.15) is 37.3 Å². The molecule has 10 heteroatoms. The summed E-state index contributed by atoms with van der Waals surface area (Å²) in [6.45, 7) is 1.49. The molecule has 2 aromatic carbocycles. The first-order valence-corrected chi connectivity index (χ1v) is 13.4. The Hall–Kier alpha value is -4.18. The zero-order valence-corrected chi connectivity index (χ0v) is 22.6. The van der Waals surface area contributed by atoms with Gasteiger partial charge >= 0.3 is 12.1 Å². The number of carbonyl (C=O) groups excluding carboxylic acids is 4. The van der Waals surface area contributed by atoms with Crippen LogP contribution in [-0.4, -0.2) is 60.3 Å². The number of hydrogen-bond donors (Lipinski definition) is 4. The quantitative estimate of drug-likeness (QED) is 0.277. The molecule has 0 aromatic heterocycles. The second-order valence-electron chi connectivity index (χ2n) is 9.73. The Morgan fingerprint density at radius 3 is 2.35 bits per heavy atom. The van der Waals surface area contributed by atoms with Gasteiger partial charge in [-0.3, -0.25) is 9.59 Å². The number of hydrogen-bond acceptors (Lipinski definition) is 7. The van der Waals surface area contributed by atoms with E-state index in [0.29, 0.717) is 6.42 Å². The number of rotatable bonds is 9. The number of nitrogens with one attached hydrogen (secondary N) is 3. The minimum absolute atomic E-state index is 0.0465. The highest BCUT2D eigenvalue weighted by Gasteiger charge is 2.27. The van der Waals surface area contributed by atoms with Gasteiger partial charge in [0.1, 0.15) is 18.8 Å². The van der Waals surface area contributed by atoms with Crippen LogP contribution in [0.4, 0.5) is 4.79 Å². The molecule has 0 radical (unpaired) electrons. The minimum Gasteiger partial charge on any atom is -0.459 e. The molecular weight excluding hydrogens is 514 g/mol. The topological polar surface area (TPSA) is 143 Å². The number of allylic oxidation sites excluding steroid dienone is 1. The van der Waals surface area contributed by atoms with E-state index in [1.54, 1.807) is 19.1 Å². The molecule has 10 nitrogen and oxygen atoms in total. The highest BCUT2D eigenvalue weighted by Crippen LogP contribution is 2.14. The third-order valence-corrected chi connectivity index (χ3v) is 6.34. The van der Waals surface area contributed by atoms with Crippen molar-refractivity contribution in [2.75, 3.05) is 13.2 Å². The largest absolute Gasteiger partial charge is 0.459 e. The van der Waals surface area contributed by atoms with Gasteiger partial charge < -0.3 is 30.5 Å². The van der Waals surface area contributed by atoms with Gasteiger partial charge in [-0.05, 0) is 37.3 Å². The lowest BCUT2D eigenvalue weighted by molar-refractivity contribution is -0.151. The Morgan fingerprint density at radius 2 is 1.68 bits per heavy atom. The molecule has 3 rings (SSSR count).